The molecule has 2 nitrogen and oxygen atoms in total. The molecule has 0 aliphatic rings. The molecule has 0 aliphatic carbocycles. The van der Waals surface area contributed by atoms with E-state index in [4.69, 9.17) is 0 Å². The number of rotatable bonds is 14. The van der Waals surface area contributed by atoms with Crippen molar-refractivity contribution in [3.8, 4) is 0 Å². The Hall–Kier alpha value is -1.57. The second kappa shape index (κ2) is 13.7. The van der Waals surface area contributed by atoms with E-state index in [9.17, 15) is 4.79 Å². The van der Waals surface area contributed by atoms with Crippen LogP contribution < -0.4 is 0 Å². The van der Waals surface area contributed by atoms with Gasteiger partial charge in [-0.3, -0.25) is 4.79 Å². The van der Waals surface area contributed by atoms with Gasteiger partial charge in [0.15, 0.2) is 0 Å². The zero-order valence-electron chi connectivity index (χ0n) is 16.4. The summed E-state index contributed by atoms with van der Waals surface area (Å²) in [6.45, 7) is 9.41. The van der Waals surface area contributed by atoms with Crippen molar-refractivity contribution in [1.29, 1.82) is 0 Å². The molecule has 1 rings (SSSR count). The van der Waals surface area contributed by atoms with E-state index >= 15 is 0 Å². The number of hydrogen-bond donors (Lipinski definition) is 0. The largest absolute Gasteiger partial charge is 0.335 e. The van der Waals surface area contributed by atoms with Gasteiger partial charge < -0.3 is 4.90 Å². The fourth-order valence-corrected chi connectivity index (χ4v) is 3.12. The first-order chi connectivity index (χ1) is 12.1. The van der Waals surface area contributed by atoms with E-state index in [0.29, 0.717) is 12.1 Å². The summed E-state index contributed by atoms with van der Waals surface area (Å²) < 4.78 is 0. The zero-order chi connectivity index (χ0) is 18.3. The summed E-state index contributed by atoms with van der Waals surface area (Å²) in [5.41, 5.74) is 1.81. The minimum Gasteiger partial charge on any atom is -0.335 e. The van der Waals surface area contributed by atoms with Gasteiger partial charge in [0.1, 0.15) is 0 Å². The third kappa shape index (κ3) is 10.1. The van der Waals surface area contributed by atoms with Crippen LogP contribution in [-0.2, 0) is 11.3 Å². The molecule has 0 atom stereocenters. The van der Waals surface area contributed by atoms with Crippen LogP contribution >= 0.6 is 0 Å². The molecule has 0 aliphatic heterocycles. The number of carbonyl (C=O) groups excluding carboxylic acids is 1. The summed E-state index contributed by atoms with van der Waals surface area (Å²) in [5, 5.41) is 0. The van der Waals surface area contributed by atoms with E-state index < -0.39 is 0 Å². The highest BCUT2D eigenvalue weighted by molar-refractivity contribution is 5.92. The summed E-state index contributed by atoms with van der Waals surface area (Å²) in [5.74, 6) is 0.0831. The molecule has 0 heterocycles. The van der Waals surface area contributed by atoms with Gasteiger partial charge in [-0.2, -0.15) is 0 Å². The maximum absolute atomic E-state index is 12.4. The molecule has 1 amide bonds. The van der Waals surface area contributed by atoms with Crippen molar-refractivity contribution in [1.82, 2.24) is 4.90 Å². The van der Waals surface area contributed by atoms with Crippen LogP contribution in [0, 0.1) is 0 Å². The summed E-state index contributed by atoms with van der Waals surface area (Å²) in [7, 11) is 0. The molecule has 0 aromatic heterocycles. The van der Waals surface area contributed by atoms with Crippen LogP contribution in [0.2, 0.25) is 0 Å². The second-order valence-electron chi connectivity index (χ2n) is 7.17. The molecular weight excluding hydrogens is 306 g/mol. The van der Waals surface area contributed by atoms with E-state index in [1.807, 2.05) is 23.1 Å². The van der Waals surface area contributed by atoms with Crippen LogP contribution in [0.5, 0.6) is 0 Å². The number of unbranched alkanes of at least 4 members (excludes halogenated alkanes) is 9. The molecule has 0 N–H and O–H groups in total. The van der Waals surface area contributed by atoms with E-state index in [1.54, 1.807) is 6.92 Å². The lowest BCUT2D eigenvalue weighted by molar-refractivity contribution is -0.127. The first-order valence-corrected chi connectivity index (χ1v) is 10.1. The summed E-state index contributed by atoms with van der Waals surface area (Å²) in [6.07, 6.45) is 13.2. The molecule has 0 bridgehead atoms. The smallest absolute Gasteiger partial charge is 0.249 e. The Labute approximate surface area is 155 Å². The molecule has 25 heavy (non-hydrogen) atoms. The van der Waals surface area contributed by atoms with Crippen molar-refractivity contribution >= 4 is 5.91 Å². The van der Waals surface area contributed by atoms with Crippen molar-refractivity contribution in [2.75, 3.05) is 6.54 Å². The first-order valence-electron chi connectivity index (χ1n) is 10.1. The molecule has 0 fully saturated rings. The zero-order valence-corrected chi connectivity index (χ0v) is 16.4. The molecule has 1 aromatic rings. The fraction of sp³-hybridized carbons (Fsp3) is 0.609. The van der Waals surface area contributed by atoms with Gasteiger partial charge >= 0.3 is 0 Å². The highest BCUT2D eigenvalue weighted by atomic mass is 16.2. The third-order valence-corrected chi connectivity index (χ3v) is 4.65. The average Bonchev–Trinajstić information content (AvgIpc) is 2.62. The van der Waals surface area contributed by atoms with Gasteiger partial charge in [-0.25, -0.2) is 0 Å². The highest BCUT2D eigenvalue weighted by Crippen LogP contribution is 2.13. The summed E-state index contributed by atoms with van der Waals surface area (Å²) in [4.78, 5) is 14.3. The van der Waals surface area contributed by atoms with E-state index in [1.165, 1.54) is 63.4 Å². The molecule has 140 valence electrons. The minimum absolute atomic E-state index is 0.0831. The molecule has 0 unspecified atom stereocenters. The summed E-state index contributed by atoms with van der Waals surface area (Å²) >= 11 is 0. The molecule has 2 heteroatoms. The number of hydrogen-bond acceptors (Lipinski definition) is 1. The minimum atomic E-state index is 0.0831. The molecule has 0 radical (unpaired) electrons. The Morgan fingerprint density at radius 1 is 0.880 bits per heavy atom. The predicted molar refractivity (Wildman–Crippen MR) is 109 cm³/mol. The Balaban J connectivity index is 2.22. The fourth-order valence-electron chi connectivity index (χ4n) is 3.12. The number of carbonyl (C=O) groups is 1. The van der Waals surface area contributed by atoms with Crippen LogP contribution in [-0.4, -0.2) is 17.4 Å². The SMILES string of the molecule is C=C(C)C(=O)N(CCCCCCCCCCCC)Cc1ccccc1. The Morgan fingerprint density at radius 2 is 1.40 bits per heavy atom. The van der Waals surface area contributed by atoms with Gasteiger partial charge in [-0.05, 0) is 18.9 Å². The van der Waals surface area contributed by atoms with Gasteiger partial charge in [0, 0.05) is 18.7 Å². The van der Waals surface area contributed by atoms with Gasteiger partial charge in [0.05, 0.1) is 0 Å². The van der Waals surface area contributed by atoms with Crippen LogP contribution in [0.1, 0.15) is 83.6 Å². The number of nitrogens with zero attached hydrogens (tertiary/aromatic N) is 1. The van der Waals surface area contributed by atoms with Crippen LogP contribution in [0.3, 0.4) is 0 Å². The first kappa shape index (κ1) is 21.5. The molecule has 1 aromatic carbocycles. The van der Waals surface area contributed by atoms with Crippen molar-refractivity contribution < 1.29 is 4.79 Å². The maximum Gasteiger partial charge on any atom is 0.249 e. The van der Waals surface area contributed by atoms with Crippen molar-refractivity contribution in [3.63, 3.8) is 0 Å². The lowest BCUT2D eigenvalue weighted by Crippen LogP contribution is -2.31. The lowest BCUT2D eigenvalue weighted by atomic mass is 10.1. The highest BCUT2D eigenvalue weighted by Gasteiger charge is 2.14. The standard InChI is InChI=1S/C23H37NO/c1-4-5-6-7-8-9-10-11-12-16-19-24(23(25)21(2)3)20-22-17-14-13-15-18-22/h13-15,17-18H,2,4-12,16,19-20H2,1,3H3. The van der Waals surface area contributed by atoms with Crippen molar-refractivity contribution in [2.24, 2.45) is 0 Å². The van der Waals surface area contributed by atoms with E-state index in [2.05, 4.69) is 25.6 Å². The lowest BCUT2D eigenvalue weighted by Gasteiger charge is -2.23. The van der Waals surface area contributed by atoms with Gasteiger partial charge in [0.2, 0.25) is 5.91 Å². The van der Waals surface area contributed by atoms with E-state index in [0.717, 1.165) is 13.0 Å². The monoisotopic (exact) mass is 343 g/mol. The van der Waals surface area contributed by atoms with E-state index in [-0.39, 0.29) is 5.91 Å². The number of amides is 1. The number of benzene rings is 1. The predicted octanol–water partition coefficient (Wildman–Crippen LogP) is 6.51. The quantitative estimate of drug-likeness (QED) is 0.278. The Morgan fingerprint density at radius 3 is 1.92 bits per heavy atom. The molecule has 0 saturated carbocycles. The normalized spacial score (nSPS) is 10.6. The molecule has 0 spiro atoms. The maximum atomic E-state index is 12.4. The van der Waals surface area contributed by atoms with Crippen molar-refractivity contribution in [2.45, 2.75) is 84.6 Å². The molecule has 0 saturated heterocycles. The van der Waals surface area contributed by atoms with Crippen LogP contribution in [0.4, 0.5) is 0 Å². The topological polar surface area (TPSA) is 20.3 Å². The Bertz CT molecular complexity index is 480. The third-order valence-electron chi connectivity index (χ3n) is 4.65. The second-order valence-corrected chi connectivity index (χ2v) is 7.17. The average molecular weight is 344 g/mol. The summed E-state index contributed by atoms with van der Waals surface area (Å²) in [6, 6.07) is 10.2. The van der Waals surface area contributed by atoms with Crippen LogP contribution in [0.25, 0.3) is 0 Å². The van der Waals surface area contributed by atoms with Crippen molar-refractivity contribution in [3.05, 3.63) is 48.0 Å². The molecular formula is C23H37NO. The van der Waals surface area contributed by atoms with Crippen LogP contribution in [0.15, 0.2) is 42.5 Å². The van der Waals surface area contributed by atoms with Gasteiger partial charge in [-0.1, -0.05) is 102 Å². The van der Waals surface area contributed by atoms with Gasteiger partial charge in [-0.15, -0.1) is 0 Å². The Kier molecular flexibility index (Phi) is 11.8. The van der Waals surface area contributed by atoms with Gasteiger partial charge in [0.25, 0.3) is 0 Å².